The molecule has 0 heterocycles. The number of benzene rings is 8. The minimum absolute atomic E-state index is 0.0120. The quantitative estimate of drug-likeness (QED) is 0.165. The van der Waals surface area contributed by atoms with Crippen molar-refractivity contribution in [3.63, 3.8) is 0 Å². The number of hydrogen-bond acceptors (Lipinski definition) is 1. The van der Waals surface area contributed by atoms with E-state index in [-0.39, 0.29) is 16.2 Å². The van der Waals surface area contributed by atoms with Crippen LogP contribution in [-0.2, 0) is 16.2 Å². The second-order valence-corrected chi connectivity index (χ2v) is 17.9. The van der Waals surface area contributed by atoms with Gasteiger partial charge in [-0.2, -0.15) is 0 Å². The summed E-state index contributed by atoms with van der Waals surface area (Å²) in [5, 5.41) is 7.71. The Bertz CT molecular complexity index is 2700. The third-order valence-corrected chi connectivity index (χ3v) is 11.9. The molecule has 8 aromatic carbocycles. The summed E-state index contributed by atoms with van der Waals surface area (Å²) in [6, 6.07) is 56.7. The van der Waals surface area contributed by atoms with Crippen LogP contribution in [0, 0.1) is 0 Å². The van der Waals surface area contributed by atoms with E-state index < -0.39 is 0 Å². The molecule has 0 atom stereocenters. The molecule has 1 aliphatic carbocycles. The van der Waals surface area contributed by atoms with Crippen molar-refractivity contribution in [2.24, 2.45) is 0 Å². The summed E-state index contributed by atoms with van der Waals surface area (Å²) in [5.41, 5.74) is 14.2. The Hall–Kier alpha value is -5.66. The minimum atomic E-state index is -0.166. The Kier molecular flexibility index (Phi) is 7.70. The molecule has 0 N–H and O–H groups in total. The Morgan fingerprint density at radius 2 is 0.907 bits per heavy atom. The lowest BCUT2D eigenvalue weighted by Crippen LogP contribution is -2.25. The van der Waals surface area contributed by atoms with E-state index in [2.05, 4.69) is 212 Å². The molecule has 54 heavy (non-hydrogen) atoms. The Morgan fingerprint density at radius 1 is 0.407 bits per heavy atom. The predicted molar refractivity (Wildman–Crippen MR) is 234 cm³/mol. The fraction of sp³-hybridized carbons (Fsp3) is 0.208. The first-order valence-corrected chi connectivity index (χ1v) is 19.4. The van der Waals surface area contributed by atoms with Gasteiger partial charge < -0.3 is 4.90 Å². The van der Waals surface area contributed by atoms with Crippen molar-refractivity contribution < 1.29 is 0 Å². The zero-order chi connectivity index (χ0) is 37.6. The van der Waals surface area contributed by atoms with Crippen LogP contribution >= 0.6 is 0 Å². The first-order valence-electron chi connectivity index (χ1n) is 19.4. The normalized spacial score (nSPS) is 13.7. The summed E-state index contributed by atoms with van der Waals surface area (Å²) < 4.78 is 0. The van der Waals surface area contributed by atoms with Crippen LogP contribution in [0.1, 0.15) is 77.6 Å². The molecule has 0 unspecified atom stereocenters. The molecule has 0 aliphatic heterocycles. The topological polar surface area (TPSA) is 3.24 Å². The third kappa shape index (κ3) is 5.44. The van der Waals surface area contributed by atoms with Gasteiger partial charge in [0.05, 0.1) is 0 Å². The third-order valence-electron chi connectivity index (χ3n) is 11.9. The van der Waals surface area contributed by atoms with Crippen molar-refractivity contribution >= 4 is 49.4 Å². The van der Waals surface area contributed by atoms with Gasteiger partial charge in [-0.05, 0) is 124 Å². The van der Waals surface area contributed by atoms with Crippen LogP contribution in [-0.4, -0.2) is 0 Å². The summed E-state index contributed by atoms with van der Waals surface area (Å²) in [4.78, 5) is 2.46. The second-order valence-electron chi connectivity index (χ2n) is 17.9. The summed E-state index contributed by atoms with van der Waals surface area (Å²) in [5.74, 6) is 0. The summed E-state index contributed by atoms with van der Waals surface area (Å²) in [6.07, 6.45) is 0. The average Bonchev–Trinajstić information content (AvgIpc) is 3.40. The maximum atomic E-state index is 2.50. The largest absolute Gasteiger partial charge is 0.310 e. The maximum Gasteiger partial charge on any atom is 0.0468 e. The Morgan fingerprint density at radius 3 is 1.50 bits per heavy atom. The van der Waals surface area contributed by atoms with Crippen LogP contribution in [0.15, 0.2) is 152 Å². The molecular formula is C53H49N. The van der Waals surface area contributed by atoms with Crippen molar-refractivity contribution in [3.8, 4) is 22.3 Å². The average molecular weight is 700 g/mol. The summed E-state index contributed by atoms with van der Waals surface area (Å²) in [6.45, 7) is 19.0. The highest BCUT2D eigenvalue weighted by Crippen LogP contribution is 2.55. The van der Waals surface area contributed by atoms with Crippen LogP contribution in [0.3, 0.4) is 0 Å². The highest BCUT2D eigenvalue weighted by Gasteiger charge is 2.41. The van der Waals surface area contributed by atoms with Crippen molar-refractivity contribution in [2.75, 3.05) is 4.90 Å². The molecular weight excluding hydrogens is 651 g/mol. The molecule has 0 saturated carbocycles. The Balaban J connectivity index is 1.27. The molecule has 0 fully saturated rings. The number of nitrogens with zero attached hydrogens (tertiary/aromatic N) is 1. The smallest absolute Gasteiger partial charge is 0.0468 e. The van der Waals surface area contributed by atoms with E-state index in [1.54, 1.807) is 0 Å². The molecule has 0 aromatic heterocycles. The lowest BCUT2D eigenvalue weighted by atomic mass is 9.71. The van der Waals surface area contributed by atoms with Crippen LogP contribution < -0.4 is 4.90 Å². The highest BCUT2D eigenvalue weighted by atomic mass is 15.1. The zero-order valence-electron chi connectivity index (χ0n) is 32.9. The zero-order valence-corrected chi connectivity index (χ0v) is 32.9. The highest BCUT2D eigenvalue weighted by molar-refractivity contribution is 6.25. The molecule has 0 radical (unpaired) electrons. The van der Waals surface area contributed by atoms with Crippen molar-refractivity contribution in [1.82, 2.24) is 0 Å². The van der Waals surface area contributed by atoms with Gasteiger partial charge in [-0.1, -0.05) is 171 Å². The molecule has 0 bridgehead atoms. The fourth-order valence-corrected chi connectivity index (χ4v) is 9.03. The van der Waals surface area contributed by atoms with Crippen LogP contribution in [0.2, 0.25) is 0 Å². The van der Waals surface area contributed by atoms with Crippen LogP contribution in [0.5, 0.6) is 0 Å². The molecule has 9 rings (SSSR count). The summed E-state index contributed by atoms with van der Waals surface area (Å²) >= 11 is 0. The minimum Gasteiger partial charge on any atom is -0.310 e. The van der Waals surface area contributed by atoms with Gasteiger partial charge in [0.25, 0.3) is 0 Å². The molecule has 1 aliphatic rings. The molecule has 0 spiro atoms. The van der Waals surface area contributed by atoms with Gasteiger partial charge >= 0.3 is 0 Å². The van der Waals surface area contributed by atoms with Gasteiger partial charge in [-0.15, -0.1) is 0 Å². The number of anilines is 3. The van der Waals surface area contributed by atoms with Gasteiger partial charge in [0.1, 0.15) is 0 Å². The number of fused-ring (bicyclic) bond motifs is 9. The maximum absolute atomic E-state index is 2.50. The number of hydrogen-bond donors (Lipinski definition) is 0. The summed E-state index contributed by atoms with van der Waals surface area (Å²) in [7, 11) is 0. The standard InChI is InChI=1S/C53H49N/c1-51(2,3)36-30-47-45-29-27-39(33-48(45)53(7,8)50(47)49(31-36)52(4,5)6)54(37-24-22-35(23-25-37)34-16-10-9-11-17-34)38-26-28-44-42-20-13-12-18-40(42)41-19-14-15-21-43(41)46(44)32-38/h9-33H,1-8H3. The van der Waals surface area contributed by atoms with E-state index >= 15 is 0 Å². The van der Waals surface area contributed by atoms with E-state index in [4.69, 9.17) is 0 Å². The lowest BCUT2D eigenvalue weighted by molar-refractivity contribution is 0.545. The van der Waals surface area contributed by atoms with E-state index in [9.17, 15) is 0 Å². The lowest BCUT2D eigenvalue weighted by Gasteiger charge is -2.33. The van der Waals surface area contributed by atoms with Gasteiger partial charge in [0, 0.05) is 22.5 Å². The first-order chi connectivity index (χ1) is 25.8. The van der Waals surface area contributed by atoms with Crippen molar-refractivity contribution in [1.29, 1.82) is 0 Å². The van der Waals surface area contributed by atoms with E-state index in [1.807, 2.05) is 0 Å². The molecule has 1 nitrogen and oxygen atoms in total. The van der Waals surface area contributed by atoms with Crippen molar-refractivity contribution in [3.05, 3.63) is 174 Å². The van der Waals surface area contributed by atoms with E-state index in [0.29, 0.717) is 0 Å². The van der Waals surface area contributed by atoms with Crippen LogP contribution in [0.25, 0.3) is 54.6 Å². The van der Waals surface area contributed by atoms with E-state index in [0.717, 1.165) is 11.4 Å². The van der Waals surface area contributed by atoms with Crippen molar-refractivity contribution in [2.45, 2.75) is 71.6 Å². The molecule has 0 amide bonds. The first kappa shape index (κ1) is 34.1. The van der Waals surface area contributed by atoms with Gasteiger partial charge in [0.2, 0.25) is 0 Å². The number of rotatable bonds is 4. The SMILES string of the molecule is CC(C)(C)c1cc2c(c(C(C)(C)C)c1)C(C)(C)c1cc(N(c3ccc(-c4ccccc4)cc3)c3ccc4c5ccccc5c5ccccc5c4c3)ccc1-2. The predicted octanol–water partition coefficient (Wildman–Crippen LogP) is 15.2. The van der Waals surface area contributed by atoms with E-state index in [1.165, 1.54) is 82.5 Å². The monoisotopic (exact) mass is 699 g/mol. The van der Waals surface area contributed by atoms with Gasteiger partial charge in [-0.3, -0.25) is 0 Å². The fourth-order valence-electron chi connectivity index (χ4n) is 9.03. The Labute approximate surface area is 320 Å². The molecule has 8 aromatic rings. The molecule has 1 heteroatoms. The van der Waals surface area contributed by atoms with Crippen LogP contribution in [0.4, 0.5) is 17.1 Å². The van der Waals surface area contributed by atoms with Gasteiger partial charge in [0.15, 0.2) is 0 Å². The van der Waals surface area contributed by atoms with Gasteiger partial charge in [-0.25, -0.2) is 0 Å². The molecule has 266 valence electrons. The second kappa shape index (κ2) is 12.2. The molecule has 0 saturated heterocycles.